The first kappa shape index (κ1) is 25.0. The first-order valence-electron chi connectivity index (χ1n) is 11.7. The fourth-order valence-corrected chi connectivity index (χ4v) is 5.96. The van der Waals surface area contributed by atoms with Crippen molar-refractivity contribution in [2.24, 2.45) is 5.92 Å². The topological polar surface area (TPSA) is 75.6 Å². The van der Waals surface area contributed by atoms with Crippen LogP contribution >= 0.6 is 15.9 Å². The molecule has 0 spiro atoms. The number of carbonyl (C=O) groups excluding carboxylic acids is 1. The monoisotopic (exact) mass is 597 g/mol. The number of hydrogen-bond acceptors (Lipinski definition) is 3. The fourth-order valence-electron chi connectivity index (χ4n) is 5.35. The summed E-state index contributed by atoms with van der Waals surface area (Å²) < 4.78 is 85.9. The van der Waals surface area contributed by atoms with Gasteiger partial charge in [-0.2, -0.15) is 13.9 Å². The summed E-state index contributed by atoms with van der Waals surface area (Å²) in [7, 11) is 0. The van der Waals surface area contributed by atoms with Gasteiger partial charge in [-0.15, -0.1) is 0 Å². The number of pyridine rings is 1. The lowest BCUT2D eigenvalue weighted by Gasteiger charge is -2.21. The quantitative estimate of drug-likeness (QED) is 0.255. The zero-order valence-electron chi connectivity index (χ0n) is 19.3. The maximum Gasteiger partial charge on any atom is 0.293 e. The number of benzene rings is 1. The Bertz CT molecular complexity index is 1560. The van der Waals surface area contributed by atoms with Gasteiger partial charge in [0.05, 0.1) is 11.7 Å². The summed E-state index contributed by atoms with van der Waals surface area (Å²) in [4.78, 5) is 20.6. The van der Waals surface area contributed by atoms with E-state index in [1.165, 1.54) is 0 Å². The van der Waals surface area contributed by atoms with Gasteiger partial charge in [-0.3, -0.25) is 9.48 Å². The number of hydrogen-bond donors (Lipinski definition) is 2. The molecule has 2 N–H and O–H groups in total. The van der Waals surface area contributed by atoms with Crippen LogP contribution in [0.4, 0.5) is 26.3 Å². The van der Waals surface area contributed by atoms with Crippen molar-refractivity contribution in [2.45, 2.75) is 43.7 Å². The van der Waals surface area contributed by atoms with Crippen LogP contribution in [0.5, 0.6) is 0 Å². The van der Waals surface area contributed by atoms with Gasteiger partial charge < -0.3 is 10.3 Å². The molecule has 6 nitrogen and oxygen atoms in total. The Labute approximate surface area is 219 Å². The molecule has 1 unspecified atom stereocenters. The molecule has 13 heteroatoms. The summed E-state index contributed by atoms with van der Waals surface area (Å²) in [5.41, 5.74) is -0.552. The van der Waals surface area contributed by atoms with Crippen LogP contribution in [0.25, 0.3) is 11.0 Å². The molecule has 0 saturated heterocycles. The van der Waals surface area contributed by atoms with Crippen LogP contribution in [0, 0.1) is 17.6 Å². The lowest BCUT2D eigenvalue weighted by molar-refractivity contribution is -0.123. The molecular formula is C25H18BrF6N5O. The van der Waals surface area contributed by atoms with E-state index in [0.29, 0.717) is 26.6 Å². The SMILES string of the molecule is O=C(Cn1nc(C(F)F)c2c1C(F)(F)[C@@H]1C[C@H]21)NC(Cc1cc(F)cc(F)c1)c1nc2[nH]ccc2cc1Br. The summed E-state index contributed by atoms with van der Waals surface area (Å²) >= 11 is 3.41. The number of fused-ring (bicyclic) bond motifs is 4. The minimum atomic E-state index is -3.37. The second-order valence-corrected chi connectivity index (χ2v) is 10.4. The summed E-state index contributed by atoms with van der Waals surface area (Å²) in [5, 5.41) is 7.10. The number of nitrogens with one attached hydrogen (secondary N) is 2. The fraction of sp³-hybridized carbons (Fsp3) is 0.320. The van der Waals surface area contributed by atoms with Gasteiger partial charge in [-0.05, 0) is 64.5 Å². The Morgan fingerprint density at radius 1 is 1.18 bits per heavy atom. The Balaban J connectivity index is 1.33. The van der Waals surface area contributed by atoms with Crippen LogP contribution in [0.1, 0.15) is 53.0 Å². The number of alkyl halides is 4. The normalized spacial score (nSPS) is 20.0. The van der Waals surface area contributed by atoms with E-state index in [-0.39, 0.29) is 24.0 Å². The van der Waals surface area contributed by atoms with Gasteiger partial charge in [0.15, 0.2) is 0 Å². The third-order valence-electron chi connectivity index (χ3n) is 7.00. The van der Waals surface area contributed by atoms with Crippen LogP contribution in [0.3, 0.4) is 0 Å². The molecule has 0 bridgehead atoms. The standard InChI is InChI=1S/C25H18BrF6N5O/c26-16-6-11-1-2-33-24(11)35-20(16)17(5-10-3-12(27)7-13(28)4-10)34-18(38)9-37-22-19(21(36-37)23(29)30)14-8-15(14)25(22,31)32/h1-4,6-7,14-15,17,23H,5,8-9H2,(H,33,35)(H,34,38)/t14-,15+,17?/m0/s1. The highest BCUT2D eigenvalue weighted by Gasteiger charge is 2.67. The second-order valence-electron chi connectivity index (χ2n) is 9.55. The maximum atomic E-state index is 14.9. The molecule has 3 aromatic heterocycles. The minimum Gasteiger partial charge on any atom is -0.346 e. The first-order valence-corrected chi connectivity index (χ1v) is 12.5. The van der Waals surface area contributed by atoms with Gasteiger partial charge in [0, 0.05) is 33.6 Å². The molecular weight excluding hydrogens is 580 g/mol. The zero-order chi connectivity index (χ0) is 26.9. The third-order valence-corrected chi connectivity index (χ3v) is 7.64. The molecule has 0 aliphatic heterocycles. The van der Waals surface area contributed by atoms with Crippen molar-refractivity contribution in [2.75, 3.05) is 0 Å². The Kier molecular flexibility index (Phi) is 5.82. The van der Waals surface area contributed by atoms with E-state index < -0.39 is 65.7 Å². The molecule has 3 atom stereocenters. The van der Waals surface area contributed by atoms with E-state index in [1.54, 1.807) is 18.3 Å². The minimum absolute atomic E-state index is 0.0992. The van der Waals surface area contributed by atoms with Crippen LogP contribution in [-0.2, 0) is 23.7 Å². The molecule has 2 aliphatic carbocycles. The Morgan fingerprint density at radius 3 is 2.63 bits per heavy atom. The van der Waals surface area contributed by atoms with Crippen LogP contribution in [-0.4, -0.2) is 25.7 Å². The number of carbonyl (C=O) groups is 1. The predicted molar refractivity (Wildman–Crippen MR) is 127 cm³/mol. The number of H-pyrrole nitrogens is 1. The molecule has 1 aromatic carbocycles. The first-order chi connectivity index (χ1) is 18.0. The van der Waals surface area contributed by atoms with Gasteiger partial charge in [0.2, 0.25) is 5.91 Å². The van der Waals surface area contributed by atoms with E-state index >= 15 is 0 Å². The average Bonchev–Trinajstić information content (AvgIpc) is 3.24. The Hall–Kier alpha value is -3.35. The third kappa shape index (κ3) is 4.16. The highest BCUT2D eigenvalue weighted by Crippen LogP contribution is 2.68. The van der Waals surface area contributed by atoms with Crippen molar-refractivity contribution in [1.82, 2.24) is 25.1 Å². The van der Waals surface area contributed by atoms with Crippen molar-refractivity contribution in [1.29, 1.82) is 0 Å². The van der Waals surface area contributed by atoms with Gasteiger partial charge in [0.25, 0.3) is 12.3 Å². The number of halogens is 7. The molecule has 1 fully saturated rings. The average molecular weight is 598 g/mol. The number of aromatic nitrogens is 4. The van der Waals surface area contributed by atoms with E-state index in [0.717, 1.165) is 17.5 Å². The number of amides is 1. The van der Waals surface area contributed by atoms with E-state index in [9.17, 15) is 31.1 Å². The maximum absolute atomic E-state index is 14.9. The summed E-state index contributed by atoms with van der Waals surface area (Å²) in [5.74, 6) is -7.57. The van der Waals surface area contributed by atoms with E-state index in [1.807, 2.05) is 0 Å². The smallest absolute Gasteiger partial charge is 0.293 e. The molecule has 1 saturated carbocycles. The van der Waals surface area contributed by atoms with E-state index in [4.69, 9.17) is 0 Å². The van der Waals surface area contributed by atoms with Gasteiger partial charge in [-0.1, -0.05) is 0 Å². The zero-order valence-corrected chi connectivity index (χ0v) is 20.9. The molecule has 38 heavy (non-hydrogen) atoms. The number of nitrogens with zero attached hydrogens (tertiary/aromatic N) is 3. The van der Waals surface area contributed by atoms with Crippen molar-refractivity contribution in [3.8, 4) is 0 Å². The highest BCUT2D eigenvalue weighted by atomic mass is 79.9. The van der Waals surface area contributed by atoms with Crippen molar-refractivity contribution >= 4 is 32.9 Å². The highest BCUT2D eigenvalue weighted by molar-refractivity contribution is 9.10. The largest absolute Gasteiger partial charge is 0.346 e. The lowest BCUT2D eigenvalue weighted by Crippen LogP contribution is -2.35. The summed E-state index contributed by atoms with van der Waals surface area (Å²) in [6.07, 6.45) is -1.40. The van der Waals surface area contributed by atoms with Gasteiger partial charge >= 0.3 is 0 Å². The van der Waals surface area contributed by atoms with Gasteiger partial charge in [0.1, 0.15) is 35.2 Å². The summed E-state index contributed by atoms with van der Waals surface area (Å²) in [6.45, 7) is -0.750. The van der Waals surface area contributed by atoms with Crippen molar-refractivity contribution < 1.29 is 31.1 Å². The molecule has 3 heterocycles. The van der Waals surface area contributed by atoms with E-state index in [2.05, 4.69) is 36.3 Å². The molecule has 2 aliphatic rings. The summed E-state index contributed by atoms with van der Waals surface area (Å²) in [6, 6.07) is 5.46. The number of aromatic amines is 1. The Morgan fingerprint density at radius 2 is 1.92 bits per heavy atom. The number of rotatable bonds is 7. The van der Waals surface area contributed by atoms with Crippen LogP contribution < -0.4 is 5.32 Å². The molecule has 198 valence electrons. The predicted octanol–water partition coefficient (Wildman–Crippen LogP) is 6.05. The van der Waals surface area contributed by atoms with Crippen LogP contribution in [0.2, 0.25) is 0 Å². The molecule has 0 radical (unpaired) electrons. The lowest BCUT2D eigenvalue weighted by atomic mass is 10.0. The second kappa shape index (κ2) is 8.85. The van der Waals surface area contributed by atoms with Crippen LogP contribution in [0.15, 0.2) is 41.0 Å². The van der Waals surface area contributed by atoms with Crippen molar-refractivity contribution in [3.05, 3.63) is 80.8 Å². The van der Waals surface area contributed by atoms with Gasteiger partial charge in [-0.25, -0.2) is 22.5 Å². The molecule has 1 amide bonds. The molecule has 6 rings (SSSR count). The van der Waals surface area contributed by atoms with Crippen molar-refractivity contribution in [3.63, 3.8) is 0 Å². The molecule has 4 aromatic rings.